The first-order chi connectivity index (χ1) is 9.78. The molecule has 20 heavy (non-hydrogen) atoms. The van der Waals surface area contributed by atoms with E-state index in [-0.39, 0.29) is 0 Å². The monoisotopic (exact) mass is 353 g/mol. The number of aromatic nitrogens is 2. The molecular formula is C15H20BrN3S. The number of likely N-dealkylation sites (N-methyl/N-ethyl adjacent to an activating group) is 1. The van der Waals surface area contributed by atoms with Crippen LogP contribution < -0.4 is 5.32 Å². The molecule has 1 saturated carbocycles. The summed E-state index contributed by atoms with van der Waals surface area (Å²) in [4.78, 5) is 1.35. The van der Waals surface area contributed by atoms with Crippen LogP contribution in [0.25, 0.3) is 0 Å². The summed E-state index contributed by atoms with van der Waals surface area (Å²) in [7, 11) is 2.02. The number of nitrogens with one attached hydrogen (secondary N) is 1. The molecule has 1 fully saturated rings. The van der Waals surface area contributed by atoms with Gasteiger partial charge in [-0.2, -0.15) is 5.10 Å². The van der Waals surface area contributed by atoms with Crippen LogP contribution >= 0.6 is 27.3 Å². The van der Waals surface area contributed by atoms with Gasteiger partial charge in [-0.15, -0.1) is 11.3 Å². The van der Waals surface area contributed by atoms with Gasteiger partial charge >= 0.3 is 0 Å². The predicted molar refractivity (Wildman–Crippen MR) is 87.3 cm³/mol. The highest BCUT2D eigenvalue weighted by atomic mass is 79.9. The molecule has 1 unspecified atom stereocenters. The molecule has 2 aromatic heterocycles. The SMILES string of the molecule is CNC(Cc1ccn(C2CCCC2)n1)c1sccc1Br. The lowest BCUT2D eigenvalue weighted by Crippen LogP contribution is -2.18. The molecule has 1 N–H and O–H groups in total. The van der Waals surface area contributed by atoms with Crippen LogP contribution in [0, 0.1) is 0 Å². The first-order valence-corrected chi connectivity index (χ1v) is 8.89. The topological polar surface area (TPSA) is 29.9 Å². The van der Waals surface area contributed by atoms with Gasteiger partial charge in [0.05, 0.1) is 11.7 Å². The molecule has 0 radical (unpaired) electrons. The van der Waals surface area contributed by atoms with Gasteiger partial charge in [0.2, 0.25) is 0 Å². The van der Waals surface area contributed by atoms with Gasteiger partial charge in [-0.05, 0) is 53.3 Å². The van der Waals surface area contributed by atoms with Crippen molar-refractivity contribution < 1.29 is 0 Å². The molecule has 0 amide bonds. The molecule has 0 spiro atoms. The van der Waals surface area contributed by atoms with Gasteiger partial charge in [-0.1, -0.05) is 12.8 Å². The van der Waals surface area contributed by atoms with E-state index in [9.17, 15) is 0 Å². The van der Waals surface area contributed by atoms with E-state index in [0.717, 1.165) is 6.42 Å². The molecule has 0 bridgehead atoms. The number of thiophene rings is 1. The van der Waals surface area contributed by atoms with E-state index in [1.165, 1.54) is 40.7 Å². The lowest BCUT2D eigenvalue weighted by Gasteiger charge is -2.14. The summed E-state index contributed by atoms with van der Waals surface area (Å²) in [5.41, 5.74) is 1.18. The summed E-state index contributed by atoms with van der Waals surface area (Å²) >= 11 is 5.41. The predicted octanol–water partition coefficient (Wildman–Crippen LogP) is 4.33. The Morgan fingerprint density at radius 2 is 2.25 bits per heavy atom. The summed E-state index contributed by atoms with van der Waals surface area (Å²) in [6.45, 7) is 0. The Morgan fingerprint density at radius 1 is 1.45 bits per heavy atom. The fourth-order valence-electron chi connectivity index (χ4n) is 2.95. The Bertz CT molecular complexity index is 557. The van der Waals surface area contributed by atoms with E-state index in [2.05, 4.69) is 49.6 Å². The van der Waals surface area contributed by atoms with Gasteiger partial charge in [0.15, 0.2) is 0 Å². The van der Waals surface area contributed by atoms with Gasteiger partial charge in [-0.3, -0.25) is 4.68 Å². The maximum Gasteiger partial charge on any atom is 0.0644 e. The van der Waals surface area contributed by atoms with Crippen molar-refractivity contribution in [2.45, 2.75) is 44.2 Å². The van der Waals surface area contributed by atoms with Gasteiger partial charge in [-0.25, -0.2) is 0 Å². The second-order valence-electron chi connectivity index (χ2n) is 5.40. The van der Waals surface area contributed by atoms with Crippen LogP contribution in [0.15, 0.2) is 28.2 Å². The number of nitrogens with zero attached hydrogens (tertiary/aromatic N) is 2. The number of halogens is 1. The van der Waals surface area contributed by atoms with Crippen molar-refractivity contribution >= 4 is 27.3 Å². The average Bonchev–Trinajstić information content (AvgIpc) is 3.17. The van der Waals surface area contributed by atoms with Crippen molar-refractivity contribution in [1.29, 1.82) is 0 Å². The normalized spacial score (nSPS) is 17.7. The zero-order chi connectivity index (χ0) is 13.9. The lowest BCUT2D eigenvalue weighted by atomic mass is 10.1. The van der Waals surface area contributed by atoms with Crippen molar-refractivity contribution in [3.05, 3.63) is 38.8 Å². The minimum Gasteiger partial charge on any atom is -0.312 e. The molecule has 0 aromatic carbocycles. The van der Waals surface area contributed by atoms with Crippen LogP contribution in [-0.2, 0) is 6.42 Å². The van der Waals surface area contributed by atoms with Crippen LogP contribution in [0.3, 0.4) is 0 Å². The van der Waals surface area contributed by atoms with Crippen molar-refractivity contribution in [2.24, 2.45) is 0 Å². The van der Waals surface area contributed by atoms with Crippen LogP contribution in [-0.4, -0.2) is 16.8 Å². The van der Waals surface area contributed by atoms with Crippen molar-refractivity contribution in [2.75, 3.05) is 7.05 Å². The Kier molecular flexibility index (Phi) is 4.58. The van der Waals surface area contributed by atoms with E-state index >= 15 is 0 Å². The summed E-state index contributed by atoms with van der Waals surface area (Å²) in [6, 6.07) is 5.24. The lowest BCUT2D eigenvalue weighted by molar-refractivity contribution is 0.459. The highest BCUT2D eigenvalue weighted by Gasteiger charge is 2.19. The quantitative estimate of drug-likeness (QED) is 0.866. The van der Waals surface area contributed by atoms with E-state index in [1.54, 1.807) is 11.3 Å². The van der Waals surface area contributed by atoms with Crippen LogP contribution in [0.2, 0.25) is 0 Å². The Balaban J connectivity index is 1.71. The molecule has 0 aliphatic heterocycles. The molecule has 1 atom stereocenters. The molecule has 108 valence electrons. The molecule has 2 heterocycles. The van der Waals surface area contributed by atoms with Gasteiger partial charge in [0, 0.05) is 28.0 Å². The van der Waals surface area contributed by atoms with Gasteiger partial charge < -0.3 is 5.32 Å². The standard InChI is InChI=1S/C15H20BrN3S/c1-17-14(15-13(16)7-9-20-15)10-11-6-8-19(18-11)12-4-2-3-5-12/h6-9,12,14,17H,2-5,10H2,1H3. The van der Waals surface area contributed by atoms with Crippen LogP contribution in [0.4, 0.5) is 0 Å². The summed E-state index contributed by atoms with van der Waals surface area (Å²) in [5, 5.41) is 10.3. The molecule has 5 heteroatoms. The highest BCUT2D eigenvalue weighted by Crippen LogP contribution is 2.32. The molecular weight excluding hydrogens is 334 g/mol. The maximum absolute atomic E-state index is 4.79. The Hall–Kier alpha value is -0.650. The highest BCUT2D eigenvalue weighted by molar-refractivity contribution is 9.10. The second kappa shape index (κ2) is 6.41. The number of hydrogen-bond donors (Lipinski definition) is 1. The van der Waals surface area contributed by atoms with E-state index in [1.807, 2.05) is 7.05 Å². The molecule has 1 aliphatic carbocycles. The largest absolute Gasteiger partial charge is 0.312 e. The minimum absolute atomic E-state index is 0.330. The zero-order valence-electron chi connectivity index (χ0n) is 11.7. The molecule has 3 nitrogen and oxygen atoms in total. The smallest absolute Gasteiger partial charge is 0.0644 e. The van der Waals surface area contributed by atoms with Crippen LogP contribution in [0.5, 0.6) is 0 Å². The fourth-order valence-corrected chi connectivity index (χ4v) is 4.71. The molecule has 3 rings (SSSR count). The summed E-state index contributed by atoms with van der Waals surface area (Å²) in [6.07, 6.45) is 8.36. The Labute approximate surface area is 132 Å². The average molecular weight is 354 g/mol. The minimum atomic E-state index is 0.330. The van der Waals surface area contributed by atoms with Gasteiger partial charge in [0.25, 0.3) is 0 Å². The van der Waals surface area contributed by atoms with E-state index in [4.69, 9.17) is 5.10 Å². The summed E-state index contributed by atoms with van der Waals surface area (Å²) < 4.78 is 3.37. The zero-order valence-corrected chi connectivity index (χ0v) is 14.1. The fraction of sp³-hybridized carbons (Fsp3) is 0.533. The molecule has 0 saturated heterocycles. The van der Waals surface area contributed by atoms with Crippen molar-refractivity contribution in [1.82, 2.24) is 15.1 Å². The van der Waals surface area contributed by atoms with E-state index in [0.29, 0.717) is 12.1 Å². The number of hydrogen-bond acceptors (Lipinski definition) is 3. The van der Waals surface area contributed by atoms with Crippen molar-refractivity contribution in [3.63, 3.8) is 0 Å². The molecule has 2 aromatic rings. The maximum atomic E-state index is 4.79. The third-order valence-corrected chi connectivity index (χ3v) is 6.07. The number of rotatable bonds is 5. The summed E-state index contributed by atoms with van der Waals surface area (Å²) in [5.74, 6) is 0. The van der Waals surface area contributed by atoms with Crippen LogP contribution in [0.1, 0.15) is 48.3 Å². The third kappa shape index (κ3) is 3.00. The first kappa shape index (κ1) is 14.3. The second-order valence-corrected chi connectivity index (χ2v) is 7.21. The third-order valence-electron chi connectivity index (χ3n) is 4.09. The molecule has 1 aliphatic rings. The van der Waals surface area contributed by atoms with Gasteiger partial charge in [0.1, 0.15) is 0 Å². The van der Waals surface area contributed by atoms with Crippen molar-refractivity contribution in [3.8, 4) is 0 Å². The first-order valence-electron chi connectivity index (χ1n) is 7.22. The van der Waals surface area contributed by atoms with E-state index < -0.39 is 0 Å². The Morgan fingerprint density at radius 3 is 2.90 bits per heavy atom.